The summed E-state index contributed by atoms with van der Waals surface area (Å²) in [5.74, 6) is 0.368. The van der Waals surface area contributed by atoms with Crippen molar-refractivity contribution in [3.8, 4) is 0 Å². The van der Waals surface area contributed by atoms with Crippen LogP contribution in [0.5, 0.6) is 0 Å². The number of hydrogen-bond donors (Lipinski definition) is 1. The van der Waals surface area contributed by atoms with Crippen molar-refractivity contribution in [1.82, 2.24) is 19.9 Å². The minimum absolute atomic E-state index is 0.0475. The molecule has 18 heavy (non-hydrogen) atoms. The molecule has 102 valence electrons. The van der Waals surface area contributed by atoms with Gasteiger partial charge < -0.3 is 15.4 Å². The van der Waals surface area contributed by atoms with E-state index in [9.17, 15) is 0 Å². The lowest BCUT2D eigenvalue weighted by Gasteiger charge is -2.29. The van der Waals surface area contributed by atoms with Crippen molar-refractivity contribution in [2.45, 2.75) is 32.5 Å². The van der Waals surface area contributed by atoms with Crippen LogP contribution < -0.4 is 5.73 Å². The van der Waals surface area contributed by atoms with Gasteiger partial charge in [0, 0.05) is 13.1 Å². The van der Waals surface area contributed by atoms with E-state index >= 15 is 0 Å². The standard InChI is InChI=1S/C12H23N5O/c1-9(2)12(13)11-8-17(15-14-11)7-10-6-16(3)4-5-18-10/h8-10,12H,4-7,13H2,1-3H3. The molecule has 0 radical (unpaired) electrons. The Bertz CT molecular complexity index is 378. The second-order valence-corrected chi connectivity index (χ2v) is 5.39. The van der Waals surface area contributed by atoms with Gasteiger partial charge in [-0.2, -0.15) is 0 Å². The Labute approximate surface area is 108 Å². The number of ether oxygens (including phenoxy) is 1. The Balaban J connectivity index is 1.94. The molecule has 0 aliphatic carbocycles. The molecule has 1 aliphatic rings. The van der Waals surface area contributed by atoms with Crippen LogP contribution in [0.4, 0.5) is 0 Å². The summed E-state index contributed by atoms with van der Waals surface area (Å²) in [5.41, 5.74) is 6.91. The Morgan fingerprint density at radius 2 is 2.33 bits per heavy atom. The van der Waals surface area contributed by atoms with Gasteiger partial charge in [0.25, 0.3) is 0 Å². The van der Waals surface area contributed by atoms with Crippen LogP contribution in [0.15, 0.2) is 6.20 Å². The molecule has 2 rings (SSSR count). The Kier molecular flexibility index (Phi) is 4.31. The van der Waals surface area contributed by atoms with Crippen LogP contribution in [0.1, 0.15) is 25.6 Å². The van der Waals surface area contributed by atoms with Crippen molar-refractivity contribution in [1.29, 1.82) is 0 Å². The van der Waals surface area contributed by atoms with Crippen molar-refractivity contribution in [3.05, 3.63) is 11.9 Å². The number of hydrogen-bond acceptors (Lipinski definition) is 5. The molecule has 2 N–H and O–H groups in total. The Morgan fingerprint density at radius 1 is 1.56 bits per heavy atom. The van der Waals surface area contributed by atoms with Crippen molar-refractivity contribution in [2.75, 3.05) is 26.7 Å². The van der Waals surface area contributed by atoms with E-state index in [4.69, 9.17) is 10.5 Å². The molecule has 2 heterocycles. The zero-order valence-electron chi connectivity index (χ0n) is 11.4. The molecule has 1 fully saturated rings. The highest BCUT2D eigenvalue weighted by Crippen LogP contribution is 2.16. The minimum atomic E-state index is -0.0475. The van der Waals surface area contributed by atoms with E-state index < -0.39 is 0 Å². The fourth-order valence-electron chi connectivity index (χ4n) is 2.08. The molecular weight excluding hydrogens is 230 g/mol. The largest absolute Gasteiger partial charge is 0.374 e. The lowest BCUT2D eigenvalue weighted by molar-refractivity contribution is -0.0292. The molecule has 0 saturated carbocycles. The predicted molar refractivity (Wildman–Crippen MR) is 69.0 cm³/mol. The first-order chi connectivity index (χ1) is 8.56. The molecule has 1 saturated heterocycles. The molecule has 1 aromatic rings. The summed E-state index contributed by atoms with van der Waals surface area (Å²) in [6.45, 7) is 7.63. The van der Waals surface area contributed by atoms with Gasteiger partial charge >= 0.3 is 0 Å². The van der Waals surface area contributed by atoms with Gasteiger partial charge in [0.1, 0.15) is 0 Å². The highest BCUT2D eigenvalue weighted by Gasteiger charge is 2.20. The average molecular weight is 253 g/mol. The number of likely N-dealkylation sites (N-methyl/N-ethyl adjacent to an activating group) is 1. The van der Waals surface area contributed by atoms with Crippen LogP contribution >= 0.6 is 0 Å². The number of morpholine rings is 1. The van der Waals surface area contributed by atoms with Gasteiger partial charge in [0.15, 0.2) is 0 Å². The van der Waals surface area contributed by atoms with E-state index in [1.54, 1.807) is 0 Å². The zero-order chi connectivity index (χ0) is 13.1. The third-order valence-corrected chi connectivity index (χ3v) is 3.35. The molecule has 2 atom stereocenters. The van der Waals surface area contributed by atoms with Crippen LogP contribution in [-0.4, -0.2) is 52.7 Å². The van der Waals surface area contributed by atoms with E-state index in [1.165, 1.54) is 0 Å². The normalized spacial score (nSPS) is 23.5. The van der Waals surface area contributed by atoms with Crippen LogP contribution in [-0.2, 0) is 11.3 Å². The summed E-state index contributed by atoms with van der Waals surface area (Å²) < 4.78 is 7.54. The molecule has 0 amide bonds. The van der Waals surface area contributed by atoms with Crippen molar-refractivity contribution < 1.29 is 4.74 Å². The lowest BCUT2D eigenvalue weighted by atomic mass is 10.0. The monoisotopic (exact) mass is 253 g/mol. The summed E-state index contributed by atoms with van der Waals surface area (Å²) in [6, 6.07) is -0.0475. The smallest absolute Gasteiger partial charge is 0.0996 e. The summed E-state index contributed by atoms with van der Waals surface area (Å²) in [7, 11) is 2.11. The maximum Gasteiger partial charge on any atom is 0.0996 e. The van der Waals surface area contributed by atoms with Gasteiger partial charge in [-0.05, 0) is 13.0 Å². The number of rotatable bonds is 4. The van der Waals surface area contributed by atoms with Gasteiger partial charge in [0.2, 0.25) is 0 Å². The van der Waals surface area contributed by atoms with E-state index in [-0.39, 0.29) is 12.1 Å². The second kappa shape index (κ2) is 5.77. The first kappa shape index (κ1) is 13.5. The van der Waals surface area contributed by atoms with E-state index in [1.807, 2.05) is 10.9 Å². The van der Waals surface area contributed by atoms with Gasteiger partial charge in [0.05, 0.1) is 37.2 Å². The van der Waals surface area contributed by atoms with Crippen LogP contribution in [0.3, 0.4) is 0 Å². The summed E-state index contributed by atoms with van der Waals surface area (Å²) in [6.07, 6.45) is 2.12. The summed E-state index contributed by atoms with van der Waals surface area (Å²) in [4.78, 5) is 2.27. The van der Waals surface area contributed by atoms with Crippen molar-refractivity contribution in [2.24, 2.45) is 11.7 Å². The molecular formula is C12H23N5O. The van der Waals surface area contributed by atoms with Crippen molar-refractivity contribution in [3.63, 3.8) is 0 Å². The second-order valence-electron chi connectivity index (χ2n) is 5.39. The van der Waals surface area contributed by atoms with E-state index in [2.05, 4.69) is 36.1 Å². The molecule has 6 nitrogen and oxygen atoms in total. The topological polar surface area (TPSA) is 69.2 Å². The molecule has 0 aromatic carbocycles. The highest BCUT2D eigenvalue weighted by molar-refractivity contribution is 5.00. The quantitative estimate of drug-likeness (QED) is 0.834. The molecule has 0 bridgehead atoms. The molecule has 0 spiro atoms. The van der Waals surface area contributed by atoms with Crippen molar-refractivity contribution >= 4 is 0 Å². The fraction of sp³-hybridized carbons (Fsp3) is 0.833. The number of nitrogens with zero attached hydrogens (tertiary/aromatic N) is 4. The lowest BCUT2D eigenvalue weighted by Crippen LogP contribution is -2.42. The highest BCUT2D eigenvalue weighted by atomic mass is 16.5. The first-order valence-corrected chi connectivity index (χ1v) is 6.52. The predicted octanol–water partition coefficient (Wildman–Crippen LogP) is 0.265. The van der Waals surface area contributed by atoms with Gasteiger partial charge in [-0.1, -0.05) is 19.1 Å². The van der Waals surface area contributed by atoms with Crippen LogP contribution in [0, 0.1) is 5.92 Å². The van der Waals surface area contributed by atoms with Crippen LogP contribution in [0.25, 0.3) is 0 Å². The third-order valence-electron chi connectivity index (χ3n) is 3.35. The summed E-state index contributed by atoms with van der Waals surface area (Å²) in [5, 5.41) is 8.27. The fourth-order valence-corrected chi connectivity index (χ4v) is 2.08. The number of aromatic nitrogens is 3. The van der Waals surface area contributed by atoms with Gasteiger partial charge in [-0.3, -0.25) is 0 Å². The molecule has 2 unspecified atom stereocenters. The zero-order valence-corrected chi connectivity index (χ0v) is 11.4. The first-order valence-electron chi connectivity index (χ1n) is 6.52. The summed E-state index contributed by atoms with van der Waals surface area (Å²) >= 11 is 0. The maximum absolute atomic E-state index is 6.05. The van der Waals surface area contributed by atoms with E-state index in [0.717, 1.165) is 31.9 Å². The molecule has 1 aliphatic heterocycles. The minimum Gasteiger partial charge on any atom is -0.374 e. The maximum atomic E-state index is 6.05. The Morgan fingerprint density at radius 3 is 3.00 bits per heavy atom. The van der Waals surface area contributed by atoms with Gasteiger partial charge in [-0.15, -0.1) is 5.10 Å². The molecule has 1 aromatic heterocycles. The SMILES string of the molecule is CC(C)C(N)c1cn(CC2CN(C)CCO2)nn1. The number of nitrogens with two attached hydrogens (primary N) is 1. The van der Waals surface area contributed by atoms with E-state index in [0.29, 0.717) is 5.92 Å². The van der Waals surface area contributed by atoms with Gasteiger partial charge in [-0.25, -0.2) is 4.68 Å². The van der Waals surface area contributed by atoms with Crippen LogP contribution in [0.2, 0.25) is 0 Å². The third kappa shape index (κ3) is 3.28. The molecule has 6 heteroatoms. The Hall–Kier alpha value is -0.980. The average Bonchev–Trinajstić information content (AvgIpc) is 2.76.